The number of carbonyl (C=O) groups is 1. The average molecular weight is 289 g/mol. The van der Waals surface area contributed by atoms with Gasteiger partial charge in [0.2, 0.25) is 4.21 Å². The number of sulfone groups is 1. The molecule has 0 spiro atoms. The van der Waals surface area contributed by atoms with E-state index in [1.165, 1.54) is 6.92 Å². The second kappa shape index (κ2) is 5.41. The van der Waals surface area contributed by atoms with Crippen molar-refractivity contribution >= 4 is 27.2 Å². The summed E-state index contributed by atoms with van der Waals surface area (Å²) < 4.78 is 22.1. The molecule has 0 N–H and O–H groups in total. The fraction of sp³-hybridized carbons (Fsp3) is 0.462. The summed E-state index contributed by atoms with van der Waals surface area (Å²) in [6.07, 6.45) is 0.0531. The summed E-state index contributed by atoms with van der Waals surface area (Å²) in [6, 6.07) is 6.80. The molecule has 0 bridgehead atoms. The molecule has 0 aliphatic heterocycles. The van der Waals surface area contributed by atoms with E-state index < -0.39 is 19.8 Å². The largest absolute Gasteiger partial charge is 0.291 e. The van der Waals surface area contributed by atoms with E-state index >= 15 is 0 Å². The van der Waals surface area contributed by atoms with Crippen molar-refractivity contribution < 1.29 is 13.2 Å². The lowest BCUT2D eigenvalue weighted by atomic mass is 10.0. The van der Waals surface area contributed by atoms with Gasteiger partial charge in [0.15, 0.2) is 15.6 Å². The van der Waals surface area contributed by atoms with Crippen LogP contribution < -0.4 is 0 Å². The molecule has 100 valence electrons. The van der Waals surface area contributed by atoms with Gasteiger partial charge in [0.25, 0.3) is 0 Å². The summed E-state index contributed by atoms with van der Waals surface area (Å²) in [5.41, 5.74) is 1.23. The zero-order chi connectivity index (χ0) is 14.0. The Morgan fingerprint density at radius 3 is 2.39 bits per heavy atom. The molecule has 3 nitrogen and oxygen atoms in total. The molecule has 0 aliphatic rings. The van der Waals surface area contributed by atoms with Gasteiger partial charge in [-0.2, -0.15) is 0 Å². The second-order valence-electron chi connectivity index (χ2n) is 4.18. The molecule has 0 aliphatic carbocycles. The standard InChI is InChI=1S/C13H17ClO3S/c1-4-13(14,18(16,17)5-2)12(15)11-8-6-7-10(3)9-11/h6-9H,4-5H2,1-3H3. The summed E-state index contributed by atoms with van der Waals surface area (Å²) in [5, 5.41) is 0. The van der Waals surface area contributed by atoms with E-state index in [0.717, 1.165) is 5.56 Å². The summed E-state index contributed by atoms with van der Waals surface area (Å²) in [5.74, 6) is -0.695. The number of aryl methyl sites for hydroxylation is 1. The monoisotopic (exact) mass is 288 g/mol. The molecule has 0 fully saturated rings. The predicted octanol–water partition coefficient (Wildman–Crippen LogP) is 2.96. The molecule has 0 amide bonds. The predicted molar refractivity (Wildman–Crippen MR) is 73.8 cm³/mol. The van der Waals surface area contributed by atoms with Crippen molar-refractivity contribution in [1.29, 1.82) is 0 Å². The van der Waals surface area contributed by atoms with Crippen LogP contribution in [0.2, 0.25) is 0 Å². The van der Waals surface area contributed by atoms with Gasteiger partial charge in [-0.1, -0.05) is 49.2 Å². The number of hydrogen-bond acceptors (Lipinski definition) is 3. The Labute approximate surface area is 113 Å². The minimum absolute atomic E-state index is 0.0531. The fourth-order valence-corrected chi connectivity index (χ4v) is 3.49. The van der Waals surface area contributed by atoms with Crippen molar-refractivity contribution in [2.75, 3.05) is 5.75 Å². The molecule has 0 aromatic heterocycles. The summed E-state index contributed by atoms with van der Waals surface area (Å²) in [6.45, 7) is 4.94. The van der Waals surface area contributed by atoms with Crippen LogP contribution in [0.1, 0.15) is 36.2 Å². The first-order valence-electron chi connectivity index (χ1n) is 5.81. The van der Waals surface area contributed by atoms with Gasteiger partial charge in [-0.25, -0.2) is 8.42 Å². The summed E-state index contributed by atoms with van der Waals surface area (Å²) in [4.78, 5) is 12.3. The van der Waals surface area contributed by atoms with Gasteiger partial charge in [0.1, 0.15) is 0 Å². The Morgan fingerprint density at radius 2 is 1.94 bits per heavy atom. The van der Waals surface area contributed by atoms with Crippen molar-refractivity contribution in [1.82, 2.24) is 0 Å². The van der Waals surface area contributed by atoms with Crippen LogP contribution in [0.5, 0.6) is 0 Å². The van der Waals surface area contributed by atoms with Crippen molar-refractivity contribution in [2.24, 2.45) is 0 Å². The van der Waals surface area contributed by atoms with Crippen LogP contribution in [-0.4, -0.2) is 24.2 Å². The lowest BCUT2D eigenvalue weighted by Crippen LogP contribution is -2.41. The summed E-state index contributed by atoms with van der Waals surface area (Å²) >= 11 is 6.12. The third kappa shape index (κ3) is 2.59. The molecular formula is C13H17ClO3S. The highest BCUT2D eigenvalue weighted by molar-refractivity contribution is 7.95. The third-order valence-corrected chi connectivity index (χ3v) is 6.31. The highest BCUT2D eigenvalue weighted by Gasteiger charge is 2.46. The molecule has 18 heavy (non-hydrogen) atoms. The molecule has 1 atom stereocenters. The topological polar surface area (TPSA) is 51.2 Å². The Kier molecular flexibility index (Phi) is 4.56. The normalized spacial score (nSPS) is 15.1. The maximum atomic E-state index is 12.3. The van der Waals surface area contributed by atoms with Gasteiger partial charge in [-0.05, 0) is 19.4 Å². The number of ketones is 1. The Bertz CT molecular complexity index is 551. The number of alkyl halides is 1. The fourth-order valence-electron chi connectivity index (χ4n) is 1.75. The lowest BCUT2D eigenvalue weighted by Gasteiger charge is -2.23. The number of carbonyl (C=O) groups excluding carboxylic acids is 1. The quantitative estimate of drug-likeness (QED) is 0.618. The first kappa shape index (κ1) is 15.2. The molecule has 1 rings (SSSR count). The van der Waals surface area contributed by atoms with E-state index in [2.05, 4.69) is 0 Å². The van der Waals surface area contributed by atoms with Crippen LogP contribution in [0.15, 0.2) is 24.3 Å². The van der Waals surface area contributed by atoms with E-state index in [4.69, 9.17) is 11.6 Å². The highest BCUT2D eigenvalue weighted by atomic mass is 35.5. The maximum Gasteiger partial charge on any atom is 0.207 e. The van der Waals surface area contributed by atoms with Gasteiger partial charge in [-0.15, -0.1) is 0 Å². The number of hydrogen-bond donors (Lipinski definition) is 0. The third-order valence-electron chi connectivity index (χ3n) is 2.95. The molecule has 0 saturated heterocycles. The van der Waals surface area contributed by atoms with Crippen LogP contribution in [0.3, 0.4) is 0 Å². The van der Waals surface area contributed by atoms with Crippen LogP contribution in [0, 0.1) is 6.92 Å². The minimum atomic E-state index is -3.65. The van der Waals surface area contributed by atoms with Gasteiger partial charge in [0, 0.05) is 11.3 Å². The van der Waals surface area contributed by atoms with E-state index in [1.807, 2.05) is 13.0 Å². The molecule has 1 aromatic rings. The molecule has 1 unspecified atom stereocenters. The molecule has 5 heteroatoms. The maximum absolute atomic E-state index is 12.3. The number of halogens is 1. The zero-order valence-corrected chi connectivity index (χ0v) is 12.3. The Hall–Kier alpha value is -0.870. The van der Waals surface area contributed by atoms with Crippen LogP contribution in [0.25, 0.3) is 0 Å². The first-order chi connectivity index (χ1) is 8.28. The van der Waals surface area contributed by atoms with Gasteiger partial charge >= 0.3 is 0 Å². The van der Waals surface area contributed by atoms with Crippen LogP contribution >= 0.6 is 11.6 Å². The zero-order valence-electron chi connectivity index (χ0n) is 10.7. The number of Topliss-reactive ketones (excluding diaryl/α,β-unsaturated/α-hetero) is 1. The highest BCUT2D eigenvalue weighted by Crippen LogP contribution is 2.32. The summed E-state index contributed by atoms with van der Waals surface area (Å²) in [7, 11) is -3.65. The molecule has 0 saturated carbocycles. The molecule has 0 heterocycles. The lowest BCUT2D eigenvalue weighted by molar-refractivity contribution is 0.0970. The second-order valence-corrected chi connectivity index (χ2v) is 7.56. The number of benzene rings is 1. The van der Waals surface area contributed by atoms with Crippen LogP contribution in [0.4, 0.5) is 0 Å². The van der Waals surface area contributed by atoms with Crippen LogP contribution in [-0.2, 0) is 9.84 Å². The average Bonchev–Trinajstić information content (AvgIpc) is 2.36. The SMILES string of the molecule is CCC(Cl)(C(=O)c1cccc(C)c1)S(=O)(=O)CC. The van der Waals surface area contributed by atoms with E-state index in [-0.39, 0.29) is 12.2 Å². The van der Waals surface area contributed by atoms with Gasteiger partial charge < -0.3 is 0 Å². The van der Waals surface area contributed by atoms with Crippen molar-refractivity contribution in [3.8, 4) is 0 Å². The Balaban J connectivity index is 3.31. The first-order valence-corrected chi connectivity index (χ1v) is 7.84. The molecule has 0 radical (unpaired) electrons. The van der Waals surface area contributed by atoms with E-state index in [1.54, 1.807) is 25.1 Å². The smallest absolute Gasteiger partial charge is 0.207 e. The van der Waals surface area contributed by atoms with Crippen molar-refractivity contribution in [2.45, 2.75) is 31.4 Å². The molecular weight excluding hydrogens is 272 g/mol. The van der Waals surface area contributed by atoms with Crippen molar-refractivity contribution in [3.63, 3.8) is 0 Å². The van der Waals surface area contributed by atoms with Crippen molar-refractivity contribution in [3.05, 3.63) is 35.4 Å². The minimum Gasteiger partial charge on any atom is -0.291 e. The molecule has 1 aromatic carbocycles. The van der Waals surface area contributed by atoms with Gasteiger partial charge in [0.05, 0.1) is 0 Å². The number of rotatable bonds is 5. The van der Waals surface area contributed by atoms with E-state index in [0.29, 0.717) is 5.56 Å². The van der Waals surface area contributed by atoms with Gasteiger partial charge in [-0.3, -0.25) is 4.79 Å². The Morgan fingerprint density at radius 1 is 1.33 bits per heavy atom. The van der Waals surface area contributed by atoms with E-state index in [9.17, 15) is 13.2 Å².